The Balaban J connectivity index is 1.94. The van der Waals surface area contributed by atoms with Crippen molar-refractivity contribution in [1.82, 2.24) is 10.2 Å². The third-order valence-corrected chi connectivity index (χ3v) is 3.79. The topological polar surface area (TPSA) is 41.6 Å². The SMILES string of the molecule is CC1(C)CCCNC1CN1CCCOC1=O. The molecule has 0 aromatic carbocycles. The van der Waals surface area contributed by atoms with Gasteiger partial charge in [0.2, 0.25) is 0 Å². The fraction of sp³-hybridized carbons (Fsp3) is 0.917. The van der Waals surface area contributed by atoms with Crippen molar-refractivity contribution in [3.05, 3.63) is 0 Å². The molecule has 0 aromatic heterocycles. The van der Waals surface area contributed by atoms with Crippen LogP contribution in [-0.4, -0.2) is 43.3 Å². The van der Waals surface area contributed by atoms with E-state index in [0.29, 0.717) is 12.6 Å². The smallest absolute Gasteiger partial charge is 0.409 e. The van der Waals surface area contributed by atoms with Gasteiger partial charge in [0.15, 0.2) is 0 Å². The summed E-state index contributed by atoms with van der Waals surface area (Å²) < 4.78 is 5.06. The Morgan fingerprint density at radius 3 is 3.00 bits per heavy atom. The zero-order valence-electron chi connectivity index (χ0n) is 10.3. The third kappa shape index (κ3) is 2.48. The molecule has 1 N–H and O–H groups in total. The van der Waals surface area contributed by atoms with Gasteiger partial charge in [0, 0.05) is 19.1 Å². The van der Waals surface area contributed by atoms with Crippen molar-refractivity contribution in [3.8, 4) is 0 Å². The van der Waals surface area contributed by atoms with E-state index >= 15 is 0 Å². The summed E-state index contributed by atoms with van der Waals surface area (Å²) in [6.45, 7) is 7.82. The molecule has 1 amide bonds. The molecule has 0 aliphatic carbocycles. The normalized spacial score (nSPS) is 30.0. The first kappa shape index (κ1) is 11.7. The second-order valence-electron chi connectivity index (χ2n) is 5.51. The van der Waals surface area contributed by atoms with E-state index in [4.69, 9.17) is 4.74 Å². The monoisotopic (exact) mass is 226 g/mol. The summed E-state index contributed by atoms with van der Waals surface area (Å²) in [5.41, 5.74) is 0.274. The summed E-state index contributed by atoms with van der Waals surface area (Å²) >= 11 is 0. The second kappa shape index (κ2) is 4.62. The van der Waals surface area contributed by atoms with Crippen LogP contribution in [0.3, 0.4) is 0 Å². The Bertz CT molecular complexity index is 266. The van der Waals surface area contributed by atoms with Crippen molar-refractivity contribution in [2.45, 2.75) is 39.2 Å². The fourth-order valence-electron chi connectivity index (χ4n) is 2.57. The maximum atomic E-state index is 11.6. The summed E-state index contributed by atoms with van der Waals surface area (Å²) in [5.74, 6) is 0. The minimum absolute atomic E-state index is 0.144. The van der Waals surface area contributed by atoms with Gasteiger partial charge in [-0.2, -0.15) is 0 Å². The predicted octanol–water partition coefficient (Wildman–Crippen LogP) is 1.61. The number of piperidine rings is 1. The Hall–Kier alpha value is -0.770. The van der Waals surface area contributed by atoms with Crippen molar-refractivity contribution in [2.75, 3.05) is 26.2 Å². The summed E-state index contributed by atoms with van der Waals surface area (Å²) in [6, 6.07) is 0.395. The Morgan fingerprint density at radius 2 is 2.31 bits per heavy atom. The maximum absolute atomic E-state index is 11.6. The number of nitrogens with one attached hydrogen (secondary N) is 1. The van der Waals surface area contributed by atoms with E-state index in [-0.39, 0.29) is 11.5 Å². The lowest BCUT2D eigenvalue weighted by molar-refractivity contribution is 0.0545. The summed E-state index contributed by atoms with van der Waals surface area (Å²) in [7, 11) is 0. The molecule has 0 radical (unpaired) electrons. The van der Waals surface area contributed by atoms with Gasteiger partial charge in [-0.3, -0.25) is 0 Å². The highest BCUT2D eigenvalue weighted by Crippen LogP contribution is 2.30. The summed E-state index contributed by atoms with van der Waals surface area (Å²) in [5, 5.41) is 3.53. The standard InChI is InChI=1S/C12H22N2O2/c1-12(2)5-3-6-13-10(12)9-14-7-4-8-16-11(14)15/h10,13H,3-9H2,1-2H3. The highest BCUT2D eigenvalue weighted by Gasteiger charge is 2.34. The quantitative estimate of drug-likeness (QED) is 0.777. The van der Waals surface area contributed by atoms with Crippen molar-refractivity contribution >= 4 is 6.09 Å². The van der Waals surface area contributed by atoms with Crippen molar-refractivity contribution in [2.24, 2.45) is 5.41 Å². The largest absolute Gasteiger partial charge is 0.449 e. The van der Waals surface area contributed by atoms with Crippen LogP contribution in [0, 0.1) is 5.41 Å². The number of nitrogens with zero attached hydrogens (tertiary/aromatic N) is 1. The number of cyclic esters (lactones) is 1. The van der Waals surface area contributed by atoms with E-state index < -0.39 is 0 Å². The zero-order chi connectivity index (χ0) is 11.6. The fourth-order valence-corrected chi connectivity index (χ4v) is 2.57. The molecule has 1 unspecified atom stereocenters. The number of ether oxygens (including phenoxy) is 1. The number of carbonyl (C=O) groups is 1. The Kier molecular flexibility index (Phi) is 3.38. The lowest BCUT2D eigenvalue weighted by atomic mass is 9.77. The van der Waals surface area contributed by atoms with Crippen molar-refractivity contribution in [1.29, 1.82) is 0 Å². The van der Waals surface area contributed by atoms with Crippen LogP contribution in [0.15, 0.2) is 0 Å². The molecular weight excluding hydrogens is 204 g/mol. The van der Waals surface area contributed by atoms with E-state index in [1.807, 2.05) is 4.90 Å². The third-order valence-electron chi connectivity index (χ3n) is 3.79. The Labute approximate surface area is 97.3 Å². The molecule has 4 nitrogen and oxygen atoms in total. The molecule has 0 saturated carbocycles. The van der Waals surface area contributed by atoms with Gasteiger partial charge in [-0.15, -0.1) is 0 Å². The molecule has 2 saturated heterocycles. The highest BCUT2D eigenvalue weighted by atomic mass is 16.6. The number of hydrogen-bond acceptors (Lipinski definition) is 3. The Morgan fingerprint density at radius 1 is 1.50 bits per heavy atom. The van der Waals surface area contributed by atoms with E-state index in [0.717, 1.165) is 26.1 Å². The van der Waals surface area contributed by atoms with Gasteiger partial charge >= 0.3 is 6.09 Å². The average Bonchev–Trinajstić information content (AvgIpc) is 2.24. The first-order chi connectivity index (χ1) is 7.59. The number of carbonyl (C=O) groups excluding carboxylic acids is 1. The van der Waals surface area contributed by atoms with E-state index in [1.54, 1.807) is 0 Å². The molecular formula is C12H22N2O2. The average molecular weight is 226 g/mol. The van der Waals surface area contributed by atoms with Gasteiger partial charge < -0.3 is 15.0 Å². The van der Waals surface area contributed by atoms with Gasteiger partial charge in [-0.05, 0) is 31.2 Å². The van der Waals surface area contributed by atoms with Crippen molar-refractivity contribution in [3.63, 3.8) is 0 Å². The molecule has 16 heavy (non-hydrogen) atoms. The van der Waals surface area contributed by atoms with Crippen LogP contribution in [0.5, 0.6) is 0 Å². The van der Waals surface area contributed by atoms with Gasteiger partial charge in [0.25, 0.3) is 0 Å². The second-order valence-corrected chi connectivity index (χ2v) is 5.51. The first-order valence-electron chi connectivity index (χ1n) is 6.25. The molecule has 2 rings (SSSR count). The van der Waals surface area contributed by atoms with E-state index in [9.17, 15) is 4.79 Å². The lowest BCUT2D eigenvalue weighted by Gasteiger charge is -2.42. The molecule has 2 heterocycles. The summed E-state index contributed by atoms with van der Waals surface area (Å²) in [6.07, 6.45) is 3.27. The van der Waals surface area contributed by atoms with Crippen molar-refractivity contribution < 1.29 is 9.53 Å². The number of rotatable bonds is 2. The molecule has 0 spiro atoms. The van der Waals surface area contributed by atoms with Crippen LogP contribution in [0.1, 0.15) is 33.1 Å². The minimum Gasteiger partial charge on any atom is -0.449 e. The van der Waals surface area contributed by atoms with Crippen LogP contribution >= 0.6 is 0 Å². The molecule has 2 fully saturated rings. The van der Waals surface area contributed by atoms with Gasteiger partial charge in [-0.25, -0.2) is 4.79 Å². The molecule has 0 aromatic rings. The van der Waals surface area contributed by atoms with E-state index in [1.165, 1.54) is 12.8 Å². The molecule has 0 bridgehead atoms. The van der Waals surface area contributed by atoms with Crippen LogP contribution in [0.4, 0.5) is 4.79 Å². The van der Waals surface area contributed by atoms with Crippen LogP contribution in [0.25, 0.3) is 0 Å². The first-order valence-corrected chi connectivity index (χ1v) is 6.25. The lowest BCUT2D eigenvalue weighted by Crippen LogP contribution is -2.54. The molecule has 2 aliphatic rings. The molecule has 4 heteroatoms. The highest BCUT2D eigenvalue weighted by molar-refractivity contribution is 5.68. The van der Waals surface area contributed by atoms with Gasteiger partial charge in [-0.1, -0.05) is 13.8 Å². The molecule has 2 aliphatic heterocycles. The minimum atomic E-state index is -0.144. The zero-order valence-corrected chi connectivity index (χ0v) is 10.3. The maximum Gasteiger partial charge on any atom is 0.409 e. The van der Waals surface area contributed by atoms with Crippen LogP contribution < -0.4 is 5.32 Å². The molecule has 92 valence electrons. The van der Waals surface area contributed by atoms with Gasteiger partial charge in [0.05, 0.1) is 6.61 Å². The van der Waals surface area contributed by atoms with Crippen LogP contribution in [-0.2, 0) is 4.74 Å². The summed E-state index contributed by atoms with van der Waals surface area (Å²) in [4.78, 5) is 13.4. The van der Waals surface area contributed by atoms with E-state index in [2.05, 4.69) is 19.2 Å². The van der Waals surface area contributed by atoms with Gasteiger partial charge in [0.1, 0.15) is 0 Å². The predicted molar refractivity (Wildman–Crippen MR) is 62.3 cm³/mol. The number of amides is 1. The number of hydrogen-bond donors (Lipinski definition) is 1. The van der Waals surface area contributed by atoms with Crippen LogP contribution in [0.2, 0.25) is 0 Å². The molecule has 1 atom stereocenters.